The maximum Gasteiger partial charge on any atom is 0.204 e. The van der Waals surface area contributed by atoms with E-state index in [1.54, 1.807) is 7.11 Å². The third-order valence-electron chi connectivity index (χ3n) is 6.06. The lowest BCUT2D eigenvalue weighted by molar-refractivity contribution is -0.102. The molecule has 5 nitrogen and oxygen atoms in total. The molecule has 6 heteroatoms. The Hall–Kier alpha value is -2.15. The monoisotopic (exact) mass is 441 g/mol. The summed E-state index contributed by atoms with van der Waals surface area (Å²) in [6, 6.07) is 11.2. The van der Waals surface area contributed by atoms with Gasteiger partial charge in [-0.15, -0.1) is 0 Å². The van der Waals surface area contributed by atoms with Gasteiger partial charge in [-0.05, 0) is 53.4 Å². The van der Waals surface area contributed by atoms with Gasteiger partial charge in [-0.25, -0.2) is 0 Å². The molecular formula is C22H20BrNO4. The van der Waals surface area contributed by atoms with Crippen molar-refractivity contribution in [3.05, 3.63) is 73.5 Å². The van der Waals surface area contributed by atoms with Gasteiger partial charge in [0.1, 0.15) is 11.4 Å². The minimum Gasteiger partial charge on any atom is -0.496 e. The summed E-state index contributed by atoms with van der Waals surface area (Å²) in [5, 5.41) is 12.6. The number of methoxy groups -OCH3 is 1. The van der Waals surface area contributed by atoms with Gasteiger partial charge in [-0.3, -0.25) is 4.79 Å². The van der Waals surface area contributed by atoms with Crippen molar-refractivity contribution in [3.8, 4) is 5.75 Å². The van der Waals surface area contributed by atoms with Crippen molar-refractivity contribution in [2.24, 2.45) is 0 Å². The van der Waals surface area contributed by atoms with Crippen molar-refractivity contribution in [3.63, 3.8) is 0 Å². The van der Waals surface area contributed by atoms with Crippen LogP contribution in [0.3, 0.4) is 0 Å². The Bertz CT molecular complexity index is 1170. The molecule has 5 rings (SSSR count). The van der Waals surface area contributed by atoms with Gasteiger partial charge in [0.05, 0.1) is 29.2 Å². The number of para-hydroxylation sites is 1. The Labute approximate surface area is 170 Å². The number of H-pyrrole nitrogens is 1. The lowest BCUT2D eigenvalue weighted by Gasteiger charge is -2.41. The fourth-order valence-electron chi connectivity index (χ4n) is 4.78. The number of rotatable bonds is 2. The van der Waals surface area contributed by atoms with Crippen LogP contribution in [0, 0.1) is 6.92 Å². The predicted octanol–water partition coefficient (Wildman–Crippen LogP) is 4.08. The van der Waals surface area contributed by atoms with Crippen LogP contribution in [-0.4, -0.2) is 23.3 Å². The zero-order chi connectivity index (χ0) is 19.6. The highest BCUT2D eigenvalue weighted by Gasteiger charge is 2.53. The second-order valence-corrected chi connectivity index (χ2v) is 8.29. The number of pyridine rings is 1. The Morgan fingerprint density at radius 1 is 1.21 bits per heavy atom. The fraction of sp³-hybridized carbons (Fsp3) is 0.318. The van der Waals surface area contributed by atoms with E-state index >= 15 is 0 Å². The Kier molecular flexibility index (Phi) is 3.95. The Balaban J connectivity index is 1.89. The number of fused-ring (bicyclic) bond motifs is 6. The number of aromatic nitrogens is 1. The highest BCUT2D eigenvalue weighted by Crippen LogP contribution is 2.54. The Morgan fingerprint density at radius 3 is 2.79 bits per heavy atom. The average molecular weight is 442 g/mol. The molecule has 1 aromatic heterocycles. The maximum atomic E-state index is 13.1. The molecule has 0 unspecified atom stereocenters. The highest BCUT2D eigenvalue weighted by molar-refractivity contribution is 9.10. The van der Waals surface area contributed by atoms with Crippen LogP contribution >= 0.6 is 15.9 Å². The third kappa shape index (κ3) is 2.22. The summed E-state index contributed by atoms with van der Waals surface area (Å²) in [5.74, 6) is 0.601. The fourth-order valence-corrected chi connectivity index (χ4v) is 5.08. The molecule has 2 N–H and O–H groups in total. The van der Waals surface area contributed by atoms with Crippen LogP contribution < -0.4 is 10.2 Å². The molecule has 0 amide bonds. The molecule has 2 aromatic carbocycles. The first kappa shape index (κ1) is 17.9. The van der Waals surface area contributed by atoms with Gasteiger partial charge in [0, 0.05) is 22.3 Å². The molecule has 0 aliphatic carbocycles. The molecular weight excluding hydrogens is 422 g/mol. The zero-order valence-electron chi connectivity index (χ0n) is 15.6. The molecule has 3 atom stereocenters. The van der Waals surface area contributed by atoms with Crippen LogP contribution in [0.1, 0.15) is 41.3 Å². The molecule has 3 heterocycles. The van der Waals surface area contributed by atoms with Crippen LogP contribution in [0.4, 0.5) is 0 Å². The predicted molar refractivity (Wildman–Crippen MR) is 110 cm³/mol. The number of benzene rings is 2. The lowest BCUT2D eigenvalue weighted by Crippen LogP contribution is -2.44. The van der Waals surface area contributed by atoms with E-state index in [0.717, 1.165) is 28.8 Å². The first-order chi connectivity index (χ1) is 13.5. The van der Waals surface area contributed by atoms with E-state index in [2.05, 4.69) is 20.9 Å². The summed E-state index contributed by atoms with van der Waals surface area (Å²) in [6.45, 7) is 1.86. The van der Waals surface area contributed by atoms with Crippen LogP contribution in [0.2, 0.25) is 0 Å². The highest BCUT2D eigenvalue weighted by atomic mass is 79.9. The van der Waals surface area contributed by atoms with E-state index < -0.39 is 5.60 Å². The van der Waals surface area contributed by atoms with Crippen molar-refractivity contribution in [2.75, 3.05) is 7.11 Å². The second-order valence-electron chi connectivity index (χ2n) is 7.50. The number of aryl methyl sites for hydroxylation is 1. The van der Waals surface area contributed by atoms with Crippen LogP contribution in [-0.2, 0) is 10.3 Å². The smallest absolute Gasteiger partial charge is 0.204 e. The number of hydrogen-bond donors (Lipinski definition) is 2. The molecule has 2 bridgehead atoms. The molecule has 1 fully saturated rings. The third-order valence-corrected chi connectivity index (χ3v) is 7.01. The Morgan fingerprint density at radius 2 is 2.00 bits per heavy atom. The molecule has 0 spiro atoms. The maximum absolute atomic E-state index is 13.1. The van der Waals surface area contributed by atoms with E-state index in [1.165, 1.54) is 0 Å². The van der Waals surface area contributed by atoms with E-state index in [0.29, 0.717) is 27.6 Å². The number of hydrogen-bond acceptors (Lipinski definition) is 4. The van der Waals surface area contributed by atoms with Gasteiger partial charge in [0.15, 0.2) is 0 Å². The SMILES string of the molecule is COc1ccccc1[C@@]1(O)c2ccc3[nH]c(C)c(Br)c(=O)c3c2[C@@H]2CC[C@H]1O2. The normalized spacial score (nSPS) is 25.7. The molecule has 28 heavy (non-hydrogen) atoms. The average Bonchev–Trinajstić information content (AvgIpc) is 3.17. The number of aromatic amines is 1. The topological polar surface area (TPSA) is 71.5 Å². The summed E-state index contributed by atoms with van der Waals surface area (Å²) in [4.78, 5) is 16.4. The van der Waals surface area contributed by atoms with Gasteiger partial charge in [0.2, 0.25) is 5.43 Å². The minimum atomic E-state index is -1.38. The van der Waals surface area contributed by atoms with Gasteiger partial charge in [0.25, 0.3) is 0 Å². The molecule has 3 aromatic rings. The summed E-state index contributed by atoms with van der Waals surface area (Å²) in [5.41, 5.74) is 2.23. The van der Waals surface area contributed by atoms with Gasteiger partial charge >= 0.3 is 0 Å². The van der Waals surface area contributed by atoms with Gasteiger partial charge in [-0.2, -0.15) is 0 Å². The largest absolute Gasteiger partial charge is 0.496 e. The molecule has 0 saturated carbocycles. The van der Waals surface area contributed by atoms with Crippen molar-refractivity contribution in [1.82, 2.24) is 4.98 Å². The number of ether oxygens (including phenoxy) is 2. The first-order valence-corrected chi connectivity index (χ1v) is 10.1. The van der Waals surface area contributed by atoms with Gasteiger partial charge in [-0.1, -0.05) is 24.3 Å². The van der Waals surface area contributed by atoms with Gasteiger partial charge < -0.3 is 19.6 Å². The van der Waals surface area contributed by atoms with Crippen molar-refractivity contribution >= 4 is 26.8 Å². The minimum absolute atomic E-state index is 0.0839. The first-order valence-electron chi connectivity index (χ1n) is 9.33. The summed E-state index contributed by atoms with van der Waals surface area (Å²) < 4.78 is 12.3. The zero-order valence-corrected chi connectivity index (χ0v) is 17.2. The molecule has 144 valence electrons. The van der Waals surface area contributed by atoms with Crippen molar-refractivity contribution in [1.29, 1.82) is 0 Å². The number of halogens is 1. The quantitative estimate of drug-likeness (QED) is 0.628. The summed E-state index contributed by atoms with van der Waals surface area (Å²) in [7, 11) is 1.59. The summed E-state index contributed by atoms with van der Waals surface area (Å²) >= 11 is 3.41. The standard InChI is InChI=1S/C22H20BrNO4/c1-11-20(23)21(25)19-14(24-11)8-7-13-18(19)16-9-10-17(28-16)22(13,26)12-5-3-4-6-15(12)27-2/h3-8,16-17,26H,9-10H2,1-2H3,(H,24,25)/t16-,17+,22+/m0/s1. The van der Waals surface area contributed by atoms with E-state index in [1.807, 2.05) is 43.3 Å². The molecule has 1 saturated heterocycles. The van der Waals surface area contributed by atoms with Crippen LogP contribution in [0.25, 0.3) is 10.9 Å². The lowest BCUT2D eigenvalue weighted by atomic mass is 9.77. The van der Waals surface area contributed by atoms with Crippen molar-refractivity contribution in [2.45, 2.75) is 37.6 Å². The molecule has 2 aliphatic heterocycles. The second kappa shape index (κ2) is 6.17. The van der Waals surface area contributed by atoms with E-state index in [4.69, 9.17) is 9.47 Å². The number of nitrogens with one attached hydrogen (secondary N) is 1. The molecule has 2 aliphatic rings. The van der Waals surface area contributed by atoms with E-state index in [9.17, 15) is 9.90 Å². The van der Waals surface area contributed by atoms with E-state index in [-0.39, 0.29) is 17.6 Å². The van der Waals surface area contributed by atoms with Crippen molar-refractivity contribution < 1.29 is 14.6 Å². The summed E-state index contributed by atoms with van der Waals surface area (Å²) in [6.07, 6.45) is 0.889. The number of aliphatic hydroxyl groups is 1. The van der Waals surface area contributed by atoms with Crippen LogP contribution in [0.15, 0.2) is 45.7 Å². The molecule has 0 radical (unpaired) electrons. The van der Waals surface area contributed by atoms with Crippen LogP contribution in [0.5, 0.6) is 5.75 Å².